The molecule has 3 aromatic rings. The normalized spacial score (nSPS) is 10.9. The van der Waals surface area contributed by atoms with Gasteiger partial charge in [0.15, 0.2) is 6.61 Å². The molecule has 0 saturated carbocycles. The van der Waals surface area contributed by atoms with Gasteiger partial charge in [-0.1, -0.05) is 34.8 Å². The third-order valence-electron chi connectivity index (χ3n) is 2.88. The minimum atomic E-state index is -0.520. The van der Waals surface area contributed by atoms with E-state index >= 15 is 0 Å². The third kappa shape index (κ3) is 3.19. The molecule has 4 nitrogen and oxygen atoms in total. The Morgan fingerprint density at radius 1 is 1.05 bits per heavy atom. The van der Waals surface area contributed by atoms with E-state index in [1.807, 2.05) is 0 Å². The van der Waals surface area contributed by atoms with Crippen LogP contribution in [0.2, 0.25) is 15.1 Å². The lowest BCUT2D eigenvalue weighted by Gasteiger charge is -2.07. The molecule has 0 fully saturated rings. The van der Waals surface area contributed by atoms with Crippen LogP contribution in [0.3, 0.4) is 0 Å². The molecule has 0 atom stereocenters. The zero-order valence-corrected chi connectivity index (χ0v) is 13.2. The van der Waals surface area contributed by atoms with Crippen molar-refractivity contribution >= 4 is 45.7 Å². The summed E-state index contributed by atoms with van der Waals surface area (Å²) in [7, 11) is 0. The minimum Gasteiger partial charge on any atom is -0.482 e. The summed E-state index contributed by atoms with van der Waals surface area (Å²) < 4.78 is 10.6. The second-order valence-corrected chi connectivity index (χ2v) is 5.70. The van der Waals surface area contributed by atoms with Crippen molar-refractivity contribution in [1.29, 1.82) is 0 Å². The highest BCUT2D eigenvalue weighted by molar-refractivity contribution is 6.35. The van der Waals surface area contributed by atoms with Gasteiger partial charge in [-0.15, -0.1) is 0 Å². The highest BCUT2D eigenvalue weighted by Crippen LogP contribution is 2.28. The second-order valence-electron chi connectivity index (χ2n) is 4.42. The fourth-order valence-corrected chi connectivity index (χ4v) is 2.52. The molecule has 7 heteroatoms. The second kappa shape index (κ2) is 6.16. The van der Waals surface area contributed by atoms with Crippen molar-refractivity contribution in [3.63, 3.8) is 0 Å². The zero-order valence-electron chi connectivity index (χ0n) is 11.0. The largest absolute Gasteiger partial charge is 0.482 e. The van der Waals surface area contributed by atoms with Crippen LogP contribution in [-0.4, -0.2) is 4.98 Å². The van der Waals surface area contributed by atoms with Crippen molar-refractivity contribution in [2.75, 3.05) is 0 Å². The predicted molar refractivity (Wildman–Crippen MR) is 86.1 cm³/mol. The minimum absolute atomic E-state index is 0.0326. The third-order valence-corrected chi connectivity index (χ3v) is 3.64. The van der Waals surface area contributed by atoms with Gasteiger partial charge in [-0.2, -0.15) is 0 Å². The number of nitrogens with zero attached hydrogens (tertiary/aromatic N) is 1. The average Bonchev–Trinajstić information content (AvgIpc) is 2.47. The molecule has 3 rings (SSSR count). The summed E-state index contributed by atoms with van der Waals surface area (Å²) in [6.07, 6.45) is 0. The Morgan fingerprint density at radius 3 is 2.55 bits per heavy atom. The smallest absolute Gasteiger partial charge is 0.347 e. The topological polar surface area (TPSA) is 52.3 Å². The van der Waals surface area contributed by atoms with Crippen molar-refractivity contribution in [3.8, 4) is 5.75 Å². The van der Waals surface area contributed by atoms with E-state index < -0.39 is 5.63 Å². The first-order chi connectivity index (χ1) is 10.5. The Kier molecular flexibility index (Phi) is 4.25. The van der Waals surface area contributed by atoms with Gasteiger partial charge in [0.05, 0.1) is 15.9 Å². The van der Waals surface area contributed by atoms with Gasteiger partial charge in [0.25, 0.3) is 0 Å². The van der Waals surface area contributed by atoms with Gasteiger partial charge < -0.3 is 9.15 Å². The van der Waals surface area contributed by atoms with Gasteiger partial charge in [0, 0.05) is 10.0 Å². The molecular weight excluding hydrogens is 349 g/mol. The SMILES string of the molecule is O=c1oc(COc2ccc(Cl)cc2Cl)nc2ccc(Cl)cc12. The summed E-state index contributed by atoms with van der Waals surface area (Å²) >= 11 is 17.7. The molecule has 2 aromatic carbocycles. The Balaban J connectivity index is 1.88. The van der Waals surface area contributed by atoms with E-state index in [-0.39, 0.29) is 12.5 Å². The number of fused-ring (bicyclic) bond motifs is 1. The van der Waals surface area contributed by atoms with Crippen LogP contribution in [0.15, 0.2) is 45.6 Å². The molecular formula is C15H8Cl3NO3. The fourth-order valence-electron chi connectivity index (χ4n) is 1.88. The molecule has 0 N–H and O–H groups in total. The maximum absolute atomic E-state index is 11.9. The summed E-state index contributed by atoms with van der Waals surface area (Å²) in [6.45, 7) is -0.0326. The summed E-state index contributed by atoms with van der Waals surface area (Å²) in [5.74, 6) is 0.567. The van der Waals surface area contributed by atoms with Gasteiger partial charge in [0.1, 0.15) is 5.75 Å². The average molecular weight is 357 g/mol. The summed E-state index contributed by atoms with van der Waals surface area (Å²) in [4.78, 5) is 16.1. The summed E-state index contributed by atoms with van der Waals surface area (Å²) in [6, 6.07) is 9.64. The van der Waals surface area contributed by atoms with E-state index in [2.05, 4.69) is 4.98 Å². The molecule has 0 unspecified atom stereocenters. The van der Waals surface area contributed by atoms with E-state index in [0.29, 0.717) is 31.7 Å². The van der Waals surface area contributed by atoms with Gasteiger partial charge in [0.2, 0.25) is 5.89 Å². The lowest BCUT2D eigenvalue weighted by molar-refractivity contribution is 0.254. The maximum atomic E-state index is 11.9. The predicted octanol–water partition coefficient (Wildman–Crippen LogP) is 4.73. The van der Waals surface area contributed by atoms with E-state index in [4.69, 9.17) is 44.0 Å². The number of rotatable bonds is 3. The van der Waals surface area contributed by atoms with E-state index in [0.717, 1.165) is 0 Å². The Morgan fingerprint density at radius 2 is 1.77 bits per heavy atom. The highest BCUT2D eigenvalue weighted by Gasteiger charge is 2.09. The lowest BCUT2D eigenvalue weighted by Crippen LogP contribution is -2.07. The van der Waals surface area contributed by atoms with Gasteiger partial charge in [-0.25, -0.2) is 9.78 Å². The fraction of sp³-hybridized carbons (Fsp3) is 0.0667. The molecule has 0 aliphatic rings. The quantitative estimate of drug-likeness (QED) is 0.681. The first kappa shape index (κ1) is 15.2. The molecule has 0 saturated heterocycles. The first-order valence-corrected chi connectivity index (χ1v) is 7.33. The van der Waals surface area contributed by atoms with E-state index in [1.54, 1.807) is 30.3 Å². The van der Waals surface area contributed by atoms with Crippen molar-refractivity contribution in [2.24, 2.45) is 0 Å². The Labute approximate surface area is 140 Å². The van der Waals surface area contributed by atoms with Crippen LogP contribution in [0.25, 0.3) is 10.9 Å². The first-order valence-electron chi connectivity index (χ1n) is 6.20. The monoisotopic (exact) mass is 355 g/mol. The molecule has 0 radical (unpaired) electrons. The zero-order chi connectivity index (χ0) is 15.7. The molecule has 22 heavy (non-hydrogen) atoms. The van der Waals surface area contributed by atoms with Crippen LogP contribution >= 0.6 is 34.8 Å². The van der Waals surface area contributed by atoms with Crippen LogP contribution in [-0.2, 0) is 6.61 Å². The summed E-state index contributed by atoms with van der Waals surface area (Å²) in [5.41, 5.74) is -0.0326. The van der Waals surface area contributed by atoms with Crippen molar-refractivity contribution in [1.82, 2.24) is 4.98 Å². The highest BCUT2D eigenvalue weighted by atomic mass is 35.5. The number of hydrogen-bond acceptors (Lipinski definition) is 4. The van der Waals surface area contributed by atoms with Crippen molar-refractivity contribution < 1.29 is 9.15 Å². The number of hydrogen-bond donors (Lipinski definition) is 0. The lowest BCUT2D eigenvalue weighted by atomic mass is 10.2. The molecule has 0 aliphatic heterocycles. The molecule has 0 amide bonds. The molecule has 112 valence electrons. The molecule has 1 aromatic heterocycles. The molecule has 0 bridgehead atoms. The number of ether oxygens (including phenoxy) is 1. The van der Waals surface area contributed by atoms with Gasteiger partial charge in [-0.05, 0) is 36.4 Å². The Bertz CT molecular complexity index is 908. The van der Waals surface area contributed by atoms with Crippen LogP contribution in [0.4, 0.5) is 0 Å². The standard InChI is InChI=1S/C15H8Cl3NO3/c16-8-1-3-12-10(5-8)15(20)22-14(19-12)7-21-13-4-2-9(17)6-11(13)18/h1-6H,7H2. The van der Waals surface area contributed by atoms with Crippen molar-refractivity contribution in [3.05, 3.63) is 67.8 Å². The number of halogens is 3. The van der Waals surface area contributed by atoms with Crippen LogP contribution in [0, 0.1) is 0 Å². The van der Waals surface area contributed by atoms with Crippen LogP contribution in [0.1, 0.15) is 5.89 Å². The number of benzene rings is 2. The molecule has 0 aliphatic carbocycles. The van der Waals surface area contributed by atoms with Crippen LogP contribution < -0.4 is 10.4 Å². The van der Waals surface area contributed by atoms with E-state index in [1.165, 1.54) is 6.07 Å². The van der Waals surface area contributed by atoms with Crippen LogP contribution in [0.5, 0.6) is 5.75 Å². The molecule has 0 spiro atoms. The van der Waals surface area contributed by atoms with E-state index in [9.17, 15) is 4.79 Å². The number of aromatic nitrogens is 1. The summed E-state index contributed by atoms with van der Waals surface area (Å²) in [5, 5.41) is 1.63. The van der Waals surface area contributed by atoms with Gasteiger partial charge >= 0.3 is 5.63 Å². The maximum Gasteiger partial charge on any atom is 0.347 e. The Hall–Kier alpha value is -1.75. The molecule has 1 heterocycles. The van der Waals surface area contributed by atoms with Crippen molar-refractivity contribution in [2.45, 2.75) is 6.61 Å². The van der Waals surface area contributed by atoms with Gasteiger partial charge in [-0.3, -0.25) is 0 Å².